The minimum atomic E-state index is -0.0447. The van der Waals surface area contributed by atoms with E-state index in [0.29, 0.717) is 22.0 Å². The molecular weight excluding hydrogens is 509 g/mol. The van der Waals surface area contributed by atoms with Crippen molar-refractivity contribution in [2.45, 2.75) is 57.0 Å². The molecule has 2 unspecified atom stereocenters. The number of nitrogens with one attached hydrogen (secondary N) is 2. The largest absolute Gasteiger partial charge is 0.316 e. The summed E-state index contributed by atoms with van der Waals surface area (Å²) in [6.45, 7) is 3.28. The highest BCUT2D eigenvalue weighted by atomic mass is 35.5. The average Bonchev–Trinajstić information content (AvgIpc) is 3.55. The molecule has 2 saturated heterocycles. The first-order chi connectivity index (χ1) is 18.1. The number of piperidine rings is 1. The SMILES string of the molecule is O=c1cc(-c2cc(Cl)ccc2-n2cc(Cl)nn2)ncn1[C@H]1CCCCCNC[C@@H]2C[C@H]2C2CCNC1C2. The van der Waals surface area contributed by atoms with E-state index in [2.05, 4.69) is 20.9 Å². The van der Waals surface area contributed by atoms with Crippen molar-refractivity contribution in [3.05, 3.63) is 57.3 Å². The first-order valence-electron chi connectivity index (χ1n) is 13.5. The zero-order valence-corrected chi connectivity index (χ0v) is 22.3. The Morgan fingerprint density at radius 3 is 2.76 bits per heavy atom. The van der Waals surface area contributed by atoms with Crippen LogP contribution in [0.5, 0.6) is 0 Å². The van der Waals surface area contributed by atoms with Crippen LogP contribution in [0.3, 0.4) is 0 Å². The van der Waals surface area contributed by atoms with Crippen molar-refractivity contribution in [2.75, 3.05) is 19.6 Å². The van der Waals surface area contributed by atoms with Gasteiger partial charge in [-0.05, 0) is 87.7 Å². The van der Waals surface area contributed by atoms with Crippen LogP contribution in [0.1, 0.15) is 51.0 Å². The van der Waals surface area contributed by atoms with Crippen molar-refractivity contribution >= 4 is 23.2 Å². The van der Waals surface area contributed by atoms with Gasteiger partial charge < -0.3 is 10.6 Å². The van der Waals surface area contributed by atoms with Gasteiger partial charge in [-0.25, -0.2) is 9.67 Å². The number of halogens is 2. The van der Waals surface area contributed by atoms with E-state index >= 15 is 0 Å². The lowest BCUT2D eigenvalue weighted by atomic mass is 9.83. The molecule has 6 rings (SSSR count). The van der Waals surface area contributed by atoms with E-state index in [-0.39, 0.29) is 22.8 Å². The van der Waals surface area contributed by atoms with Crippen molar-refractivity contribution in [2.24, 2.45) is 17.8 Å². The van der Waals surface area contributed by atoms with Crippen LogP contribution in [0, 0.1) is 17.8 Å². The van der Waals surface area contributed by atoms with Crippen molar-refractivity contribution in [3.63, 3.8) is 0 Å². The van der Waals surface area contributed by atoms with Crippen LogP contribution in [0.4, 0.5) is 0 Å². The maximum Gasteiger partial charge on any atom is 0.254 e. The van der Waals surface area contributed by atoms with Gasteiger partial charge >= 0.3 is 0 Å². The zero-order chi connectivity index (χ0) is 25.4. The summed E-state index contributed by atoms with van der Waals surface area (Å²) in [7, 11) is 0. The number of hydrogen-bond donors (Lipinski definition) is 2. The summed E-state index contributed by atoms with van der Waals surface area (Å²) in [5.74, 6) is 2.41. The lowest BCUT2D eigenvalue weighted by Crippen LogP contribution is -2.46. The standard InChI is InChI=1S/C27H33Cl2N7O/c28-19-5-6-24(36-15-26(29)33-34-36)21(12-19)22-13-27(37)35(16-32-22)25-4-2-1-3-8-30-14-18-10-20(18)17-7-9-31-23(25)11-17/h5-6,12-13,15-18,20,23,25,30-31H,1-4,7-11,14H2/t17?,18-,20-,23?,25-/m0/s1. The lowest BCUT2D eigenvalue weighted by molar-refractivity contribution is 0.203. The Morgan fingerprint density at radius 2 is 1.92 bits per heavy atom. The second kappa shape index (κ2) is 10.8. The van der Waals surface area contributed by atoms with E-state index in [9.17, 15) is 4.79 Å². The van der Waals surface area contributed by atoms with Crippen LogP contribution >= 0.6 is 23.2 Å². The normalized spacial score (nSPS) is 28.4. The maximum absolute atomic E-state index is 13.6. The van der Waals surface area contributed by atoms with Gasteiger partial charge in [0.2, 0.25) is 0 Å². The molecule has 4 heterocycles. The molecule has 8 nitrogen and oxygen atoms in total. The molecule has 3 aromatic rings. The summed E-state index contributed by atoms with van der Waals surface area (Å²) in [6.07, 6.45) is 11.5. The molecule has 3 fully saturated rings. The molecule has 3 aliphatic rings. The molecule has 10 heteroatoms. The van der Waals surface area contributed by atoms with Gasteiger partial charge in [0, 0.05) is 22.7 Å². The third kappa shape index (κ3) is 5.48. The van der Waals surface area contributed by atoms with Crippen molar-refractivity contribution in [1.29, 1.82) is 0 Å². The fourth-order valence-electron chi connectivity index (χ4n) is 6.43. The Balaban J connectivity index is 1.31. The summed E-state index contributed by atoms with van der Waals surface area (Å²) >= 11 is 12.3. The predicted octanol–water partition coefficient (Wildman–Crippen LogP) is 4.51. The summed E-state index contributed by atoms with van der Waals surface area (Å²) < 4.78 is 3.44. The highest BCUT2D eigenvalue weighted by Gasteiger charge is 2.44. The van der Waals surface area contributed by atoms with Gasteiger partial charge in [0.25, 0.3) is 5.56 Å². The highest BCUT2D eigenvalue weighted by Crippen LogP contribution is 2.48. The molecule has 1 saturated carbocycles. The Bertz CT molecular complexity index is 1310. The monoisotopic (exact) mass is 541 g/mol. The molecule has 2 bridgehead atoms. The van der Waals surface area contributed by atoms with Crippen molar-refractivity contribution < 1.29 is 0 Å². The van der Waals surface area contributed by atoms with E-state index in [4.69, 9.17) is 28.2 Å². The van der Waals surface area contributed by atoms with Crippen molar-refractivity contribution in [1.82, 2.24) is 35.2 Å². The highest BCUT2D eigenvalue weighted by molar-refractivity contribution is 6.31. The number of fused-ring (bicyclic) bond motifs is 4. The summed E-state index contributed by atoms with van der Waals surface area (Å²) in [4.78, 5) is 18.4. The Labute approximate surface area is 226 Å². The summed E-state index contributed by atoms with van der Waals surface area (Å²) in [6, 6.07) is 7.40. The van der Waals surface area contributed by atoms with E-state index in [1.54, 1.807) is 35.4 Å². The minimum Gasteiger partial charge on any atom is -0.316 e. The van der Waals surface area contributed by atoms with Crippen LogP contribution in [-0.2, 0) is 0 Å². The molecule has 2 N–H and O–H groups in total. The number of aromatic nitrogens is 5. The van der Waals surface area contributed by atoms with Crippen LogP contribution in [0.25, 0.3) is 16.9 Å². The van der Waals surface area contributed by atoms with E-state index in [0.717, 1.165) is 50.1 Å². The number of hydrogen-bond acceptors (Lipinski definition) is 6. The molecule has 0 radical (unpaired) electrons. The second-order valence-corrected chi connectivity index (χ2v) is 11.6. The van der Waals surface area contributed by atoms with E-state index in [1.165, 1.54) is 32.2 Å². The van der Waals surface area contributed by atoms with Crippen LogP contribution < -0.4 is 16.2 Å². The summed E-state index contributed by atoms with van der Waals surface area (Å²) in [5, 5.41) is 16.2. The topological polar surface area (TPSA) is 89.7 Å². The molecule has 0 spiro atoms. The minimum absolute atomic E-state index is 0.0447. The molecule has 2 aromatic heterocycles. The average molecular weight is 543 g/mol. The van der Waals surface area contributed by atoms with Crippen LogP contribution in [0.2, 0.25) is 10.2 Å². The number of nitrogens with zero attached hydrogens (tertiary/aromatic N) is 5. The van der Waals surface area contributed by atoms with Gasteiger partial charge in [0.15, 0.2) is 5.15 Å². The quantitative estimate of drug-likeness (QED) is 0.507. The molecule has 37 heavy (non-hydrogen) atoms. The van der Waals surface area contributed by atoms with Gasteiger partial charge in [-0.3, -0.25) is 9.36 Å². The van der Waals surface area contributed by atoms with Crippen LogP contribution in [0.15, 0.2) is 41.6 Å². The molecule has 0 amide bonds. The third-order valence-electron chi connectivity index (χ3n) is 8.43. The maximum atomic E-state index is 13.6. The third-order valence-corrected chi connectivity index (χ3v) is 8.83. The van der Waals surface area contributed by atoms with Gasteiger partial charge in [-0.2, -0.15) is 0 Å². The molecule has 1 aromatic carbocycles. The fourth-order valence-corrected chi connectivity index (χ4v) is 6.73. The number of rotatable bonds is 3. The summed E-state index contributed by atoms with van der Waals surface area (Å²) in [5.41, 5.74) is 1.92. The van der Waals surface area contributed by atoms with Gasteiger partial charge in [-0.1, -0.05) is 41.3 Å². The smallest absolute Gasteiger partial charge is 0.254 e. The van der Waals surface area contributed by atoms with Gasteiger partial charge in [-0.15, -0.1) is 5.10 Å². The first-order valence-corrected chi connectivity index (χ1v) is 14.2. The number of benzene rings is 1. The molecular formula is C27H33Cl2N7O. The van der Waals surface area contributed by atoms with Crippen LogP contribution in [-0.4, -0.2) is 50.2 Å². The first kappa shape index (κ1) is 25.0. The Kier molecular flexibility index (Phi) is 7.34. The van der Waals surface area contributed by atoms with Crippen molar-refractivity contribution in [3.8, 4) is 16.9 Å². The Morgan fingerprint density at radius 1 is 1.00 bits per heavy atom. The van der Waals surface area contributed by atoms with Gasteiger partial charge in [0.1, 0.15) is 0 Å². The second-order valence-electron chi connectivity index (χ2n) is 10.8. The predicted molar refractivity (Wildman–Crippen MR) is 145 cm³/mol. The van der Waals surface area contributed by atoms with E-state index in [1.807, 2.05) is 10.6 Å². The molecule has 5 atom stereocenters. The molecule has 196 valence electrons. The zero-order valence-electron chi connectivity index (χ0n) is 20.8. The molecule has 2 aliphatic heterocycles. The Hall–Kier alpha value is -2.26. The fraction of sp³-hybridized carbons (Fsp3) is 0.556. The molecule has 1 aliphatic carbocycles. The van der Waals surface area contributed by atoms with Gasteiger partial charge in [0.05, 0.1) is 29.9 Å². The lowest BCUT2D eigenvalue weighted by Gasteiger charge is -2.37. The van der Waals surface area contributed by atoms with E-state index < -0.39 is 0 Å².